The molecule has 8 heteroatoms. The van der Waals surface area contributed by atoms with E-state index in [-0.39, 0.29) is 17.6 Å². The lowest BCUT2D eigenvalue weighted by atomic mass is 9.90. The fourth-order valence-electron chi connectivity index (χ4n) is 1.76. The van der Waals surface area contributed by atoms with Gasteiger partial charge in [0.25, 0.3) is 0 Å². The fourth-order valence-corrected chi connectivity index (χ4v) is 2.45. The predicted molar refractivity (Wildman–Crippen MR) is 86.9 cm³/mol. The van der Waals surface area contributed by atoms with Crippen molar-refractivity contribution in [3.8, 4) is 11.8 Å². The molecule has 0 saturated heterocycles. The fraction of sp³-hybridized carbons (Fsp3) is 0.400. The Morgan fingerprint density at radius 2 is 2.13 bits per heavy atom. The van der Waals surface area contributed by atoms with Gasteiger partial charge < -0.3 is 5.32 Å². The van der Waals surface area contributed by atoms with Crippen LogP contribution in [-0.4, -0.2) is 37.4 Å². The van der Waals surface area contributed by atoms with E-state index >= 15 is 0 Å². The van der Waals surface area contributed by atoms with Crippen molar-refractivity contribution in [2.45, 2.75) is 31.5 Å². The van der Waals surface area contributed by atoms with E-state index < -0.39 is 5.54 Å². The lowest BCUT2D eigenvalue weighted by Gasteiger charge is -2.27. The molecule has 0 unspecified atom stereocenters. The van der Waals surface area contributed by atoms with E-state index in [1.807, 2.05) is 44.2 Å². The molecular weight excluding hydrogens is 312 g/mol. The van der Waals surface area contributed by atoms with E-state index in [4.69, 9.17) is 0 Å². The third kappa shape index (κ3) is 4.07. The predicted octanol–water partition coefficient (Wildman–Crippen LogP) is 1.81. The first kappa shape index (κ1) is 17.0. The van der Waals surface area contributed by atoms with Gasteiger partial charge in [-0.2, -0.15) is 9.94 Å². The van der Waals surface area contributed by atoms with Gasteiger partial charge in [0.2, 0.25) is 11.1 Å². The summed E-state index contributed by atoms with van der Waals surface area (Å²) in [5.74, 6) is -0.0801. The Bertz CT molecular complexity index is 708. The molecule has 0 aliphatic heterocycles. The number of nitrogens with zero attached hydrogens (tertiary/aromatic N) is 5. The van der Waals surface area contributed by atoms with Gasteiger partial charge in [-0.05, 0) is 35.4 Å². The van der Waals surface area contributed by atoms with Crippen LogP contribution in [0.4, 0.5) is 0 Å². The third-order valence-electron chi connectivity index (χ3n) is 3.56. The summed E-state index contributed by atoms with van der Waals surface area (Å²) in [6, 6.07) is 11.6. The molecule has 0 bridgehead atoms. The lowest BCUT2D eigenvalue weighted by Crippen LogP contribution is -2.49. The lowest BCUT2D eigenvalue weighted by molar-refractivity contribution is -0.120. The first-order valence-electron chi connectivity index (χ1n) is 7.15. The maximum Gasteiger partial charge on any atom is 0.231 e. The molecule has 1 N–H and O–H groups in total. The molecule has 0 fully saturated rings. The Hall–Kier alpha value is -2.40. The summed E-state index contributed by atoms with van der Waals surface area (Å²) in [7, 11) is 0. The summed E-state index contributed by atoms with van der Waals surface area (Å²) in [6.07, 6.45) is 0. The van der Waals surface area contributed by atoms with Gasteiger partial charge in [0, 0.05) is 0 Å². The largest absolute Gasteiger partial charge is 0.337 e. The van der Waals surface area contributed by atoms with Crippen LogP contribution in [0.1, 0.15) is 20.8 Å². The zero-order valence-electron chi connectivity index (χ0n) is 13.2. The van der Waals surface area contributed by atoms with Gasteiger partial charge in [-0.1, -0.05) is 43.8 Å². The van der Waals surface area contributed by atoms with Crippen LogP contribution in [0.15, 0.2) is 35.5 Å². The van der Waals surface area contributed by atoms with Crippen molar-refractivity contribution in [3.05, 3.63) is 30.3 Å². The minimum atomic E-state index is -0.886. The molecule has 0 saturated carbocycles. The Balaban J connectivity index is 2.02. The molecule has 0 aliphatic rings. The maximum atomic E-state index is 12.1. The van der Waals surface area contributed by atoms with Gasteiger partial charge >= 0.3 is 0 Å². The normalized spacial score (nSPS) is 13.3. The number of hydrogen-bond donors (Lipinski definition) is 1. The second-order valence-corrected chi connectivity index (χ2v) is 6.46. The van der Waals surface area contributed by atoms with Gasteiger partial charge in [0.1, 0.15) is 5.54 Å². The van der Waals surface area contributed by atoms with E-state index in [1.54, 1.807) is 11.6 Å². The molecule has 23 heavy (non-hydrogen) atoms. The number of amides is 1. The molecule has 1 atom stereocenters. The summed E-state index contributed by atoms with van der Waals surface area (Å²) in [5, 5.41) is 24.1. The second kappa shape index (κ2) is 7.24. The highest BCUT2D eigenvalue weighted by molar-refractivity contribution is 7.99. The van der Waals surface area contributed by atoms with Crippen LogP contribution in [0, 0.1) is 17.2 Å². The van der Waals surface area contributed by atoms with E-state index in [2.05, 4.69) is 26.9 Å². The highest BCUT2D eigenvalue weighted by Crippen LogP contribution is 2.19. The summed E-state index contributed by atoms with van der Waals surface area (Å²) >= 11 is 1.22. The topological polar surface area (TPSA) is 96.5 Å². The first-order chi connectivity index (χ1) is 11.0. The molecular formula is C15H18N6OS. The van der Waals surface area contributed by atoms with Crippen molar-refractivity contribution >= 4 is 17.7 Å². The average molecular weight is 330 g/mol. The summed E-state index contributed by atoms with van der Waals surface area (Å²) in [5.41, 5.74) is -0.0624. The van der Waals surface area contributed by atoms with Crippen LogP contribution >= 0.6 is 11.8 Å². The molecule has 7 nitrogen and oxygen atoms in total. The van der Waals surface area contributed by atoms with E-state index in [9.17, 15) is 10.1 Å². The second-order valence-electron chi connectivity index (χ2n) is 5.51. The highest BCUT2D eigenvalue weighted by Gasteiger charge is 2.30. The van der Waals surface area contributed by atoms with E-state index in [0.717, 1.165) is 5.69 Å². The number of aromatic nitrogens is 4. The van der Waals surface area contributed by atoms with Crippen molar-refractivity contribution in [1.29, 1.82) is 5.26 Å². The minimum Gasteiger partial charge on any atom is -0.337 e. The number of para-hydroxylation sites is 1. The highest BCUT2D eigenvalue weighted by atomic mass is 32.2. The van der Waals surface area contributed by atoms with Gasteiger partial charge in [-0.25, -0.2) is 0 Å². The number of tetrazole rings is 1. The van der Waals surface area contributed by atoms with Crippen LogP contribution in [0.2, 0.25) is 0 Å². The van der Waals surface area contributed by atoms with E-state index in [0.29, 0.717) is 5.16 Å². The SMILES string of the molecule is CC(C)[C@](C)(C#N)NC(=O)CSc1nnnn1-c1ccccc1. The molecule has 0 spiro atoms. The van der Waals surface area contributed by atoms with Crippen molar-refractivity contribution < 1.29 is 4.79 Å². The van der Waals surface area contributed by atoms with Crippen molar-refractivity contribution in [3.63, 3.8) is 0 Å². The Labute approximate surface area is 139 Å². The molecule has 2 rings (SSSR count). The van der Waals surface area contributed by atoms with E-state index in [1.165, 1.54) is 11.8 Å². The molecule has 1 aromatic carbocycles. The van der Waals surface area contributed by atoms with Gasteiger partial charge in [0.05, 0.1) is 17.5 Å². The zero-order valence-corrected chi connectivity index (χ0v) is 14.0. The van der Waals surface area contributed by atoms with Crippen LogP contribution < -0.4 is 5.32 Å². The Kier molecular flexibility index (Phi) is 5.34. The number of hydrogen-bond acceptors (Lipinski definition) is 6. The number of rotatable bonds is 6. The average Bonchev–Trinajstić information content (AvgIpc) is 3.02. The molecule has 120 valence electrons. The minimum absolute atomic E-state index is 0.0103. The standard InChI is InChI=1S/C15H18N6OS/c1-11(2)15(3,10-16)17-13(22)9-23-14-18-19-20-21(14)12-7-5-4-6-8-12/h4-8,11H,9H2,1-3H3,(H,17,22)/t15-/m0/s1. The molecule has 0 radical (unpaired) electrons. The molecule has 1 aromatic heterocycles. The first-order valence-corrected chi connectivity index (χ1v) is 8.13. The van der Waals surface area contributed by atoms with Crippen LogP contribution in [0.25, 0.3) is 5.69 Å². The number of benzene rings is 1. The van der Waals surface area contributed by atoms with Gasteiger partial charge in [0.15, 0.2) is 0 Å². The molecule has 2 aromatic rings. The smallest absolute Gasteiger partial charge is 0.231 e. The zero-order chi connectivity index (χ0) is 16.9. The van der Waals surface area contributed by atoms with Crippen molar-refractivity contribution in [1.82, 2.24) is 25.5 Å². The maximum absolute atomic E-state index is 12.1. The Morgan fingerprint density at radius 3 is 2.74 bits per heavy atom. The summed E-state index contributed by atoms with van der Waals surface area (Å²) in [4.78, 5) is 12.1. The number of thioether (sulfide) groups is 1. The molecule has 1 heterocycles. The number of carbonyl (C=O) groups excluding carboxylic acids is 1. The summed E-state index contributed by atoms with van der Waals surface area (Å²) in [6.45, 7) is 5.51. The monoisotopic (exact) mass is 330 g/mol. The number of nitrogens with one attached hydrogen (secondary N) is 1. The quantitative estimate of drug-likeness (QED) is 0.811. The van der Waals surface area contributed by atoms with Gasteiger partial charge in [-0.3, -0.25) is 4.79 Å². The third-order valence-corrected chi connectivity index (χ3v) is 4.48. The van der Waals surface area contributed by atoms with Gasteiger partial charge in [-0.15, -0.1) is 5.10 Å². The number of carbonyl (C=O) groups is 1. The van der Waals surface area contributed by atoms with Crippen molar-refractivity contribution in [2.24, 2.45) is 5.92 Å². The Morgan fingerprint density at radius 1 is 1.43 bits per heavy atom. The van der Waals surface area contributed by atoms with Crippen LogP contribution in [-0.2, 0) is 4.79 Å². The molecule has 1 amide bonds. The summed E-state index contributed by atoms with van der Waals surface area (Å²) < 4.78 is 1.57. The van der Waals surface area contributed by atoms with Crippen LogP contribution in [0.5, 0.6) is 0 Å². The van der Waals surface area contributed by atoms with Crippen molar-refractivity contribution in [2.75, 3.05) is 5.75 Å². The molecule has 0 aliphatic carbocycles. The number of nitriles is 1. The van der Waals surface area contributed by atoms with Crippen LogP contribution in [0.3, 0.4) is 0 Å².